The van der Waals surface area contributed by atoms with E-state index in [9.17, 15) is 5.11 Å². The molecule has 0 aliphatic carbocycles. The number of hydrogen-bond donors (Lipinski definition) is 1. The quantitative estimate of drug-likeness (QED) is 0.607. The molecule has 134 valence electrons. The minimum Gasteiger partial charge on any atom is -0.394 e. The topological polar surface area (TPSA) is 23.5 Å². The zero-order valence-corrected chi connectivity index (χ0v) is 15.5. The van der Waals surface area contributed by atoms with Gasteiger partial charge in [0.1, 0.15) is 0 Å². The van der Waals surface area contributed by atoms with E-state index in [-0.39, 0.29) is 24.7 Å². The first-order valence-corrected chi connectivity index (χ1v) is 9.25. The van der Waals surface area contributed by atoms with Crippen LogP contribution < -0.4 is 0 Å². The van der Waals surface area contributed by atoms with Crippen molar-refractivity contribution in [1.82, 2.24) is 4.90 Å². The summed E-state index contributed by atoms with van der Waals surface area (Å²) in [5.74, 6) is 0. The molecule has 0 bridgehead atoms. The second kappa shape index (κ2) is 8.79. The zero-order chi connectivity index (χ0) is 18.4. The van der Waals surface area contributed by atoms with E-state index in [0.29, 0.717) is 0 Å². The van der Waals surface area contributed by atoms with Crippen molar-refractivity contribution in [2.75, 3.05) is 6.61 Å². The summed E-state index contributed by atoms with van der Waals surface area (Å²) in [6, 6.07) is 31.6. The van der Waals surface area contributed by atoms with Crippen molar-refractivity contribution in [3.05, 3.63) is 108 Å². The molecule has 2 heteroatoms. The van der Waals surface area contributed by atoms with E-state index in [0.717, 1.165) is 5.56 Å². The van der Waals surface area contributed by atoms with Gasteiger partial charge >= 0.3 is 0 Å². The van der Waals surface area contributed by atoms with Gasteiger partial charge in [0.05, 0.1) is 12.6 Å². The minimum absolute atomic E-state index is 0.0680. The molecule has 0 amide bonds. The van der Waals surface area contributed by atoms with E-state index < -0.39 is 0 Å². The summed E-state index contributed by atoms with van der Waals surface area (Å²) in [5.41, 5.74) is 3.65. The van der Waals surface area contributed by atoms with Crippen LogP contribution in [0.3, 0.4) is 0 Å². The molecule has 0 spiro atoms. The largest absolute Gasteiger partial charge is 0.394 e. The molecule has 0 heterocycles. The van der Waals surface area contributed by atoms with Gasteiger partial charge in [-0.3, -0.25) is 4.90 Å². The summed E-state index contributed by atoms with van der Waals surface area (Å²) in [6.07, 6.45) is 0. The Kier molecular flexibility index (Phi) is 6.21. The van der Waals surface area contributed by atoms with Gasteiger partial charge in [0.2, 0.25) is 0 Å². The van der Waals surface area contributed by atoms with Crippen LogP contribution in [0.1, 0.15) is 48.7 Å². The van der Waals surface area contributed by atoms with Crippen LogP contribution in [0.15, 0.2) is 91.0 Å². The SMILES string of the molecule is C[C@@H](c1ccccc1)N([C@@H](C)c1ccccc1)[C@@H](CO)c1ccccc1. The Hall–Kier alpha value is -2.42. The summed E-state index contributed by atoms with van der Waals surface area (Å²) < 4.78 is 0. The van der Waals surface area contributed by atoms with Crippen LogP contribution in [0.4, 0.5) is 0 Å². The van der Waals surface area contributed by atoms with Gasteiger partial charge in [-0.1, -0.05) is 91.0 Å². The molecular formula is C24H27NO. The lowest BCUT2D eigenvalue weighted by molar-refractivity contribution is 0.0525. The molecule has 3 rings (SSSR count). The summed E-state index contributed by atoms with van der Waals surface area (Å²) in [4.78, 5) is 2.42. The van der Waals surface area contributed by atoms with Crippen LogP contribution in [0.2, 0.25) is 0 Å². The second-order valence-electron chi connectivity index (χ2n) is 6.73. The lowest BCUT2D eigenvalue weighted by atomic mass is 9.95. The smallest absolute Gasteiger partial charge is 0.0629 e. The van der Waals surface area contributed by atoms with Crippen LogP contribution in [0.5, 0.6) is 0 Å². The Morgan fingerprint density at radius 2 is 0.962 bits per heavy atom. The Morgan fingerprint density at radius 3 is 1.31 bits per heavy atom. The number of hydrogen-bond acceptors (Lipinski definition) is 2. The Balaban J connectivity index is 2.03. The van der Waals surface area contributed by atoms with E-state index in [4.69, 9.17) is 0 Å². The maximum Gasteiger partial charge on any atom is 0.0629 e. The van der Waals surface area contributed by atoms with E-state index >= 15 is 0 Å². The van der Waals surface area contributed by atoms with Crippen LogP contribution in [-0.2, 0) is 0 Å². The normalized spacial score (nSPS) is 14.8. The average molecular weight is 345 g/mol. The standard InChI is InChI=1S/C24H27NO/c1-19(21-12-6-3-7-13-21)25(20(2)22-14-8-4-9-15-22)24(18-26)23-16-10-5-11-17-23/h3-17,19-20,24,26H,18H2,1-2H3/t19-,20-,24-/m0/s1. The van der Waals surface area contributed by atoms with Gasteiger partial charge in [0.25, 0.3) is 0 Å². The average Bonchev–Trinajstić information content (AvgIpc) is 2.73. The molecule has 0 aliphatic rings. The van der Waals surface area contributed by atoms with E-state index in [1.54, 1.807) is 0 Å². The third-order valence-electron chi connectivity index (χ3n) is 5.18. The summed E-state index contributed by atoms with van der Waals surface area (Å²) >= 11 is 0. The summed E-state index contributed by atoms with van der Waals surface area (Å²) in [6.45, 7) is 4.53. The molecular weight excluding hydrogens is 318 g/mol. The van der Waals surface area contributed by atoms with Crippen molar-refractivity contribution in [1.29, 1.82) is 0 Å². The Bertz CT molecular complexity index is 728. The molecule has 0 saturated carbocycles. The fourth-order valence-electron chi connectivity index (χ4n) is 3.73. The van der Waals surface area contributed by atoms with Crippen molar-refractivity contribution in [2.45, 2.75) is 32.0 Å². The predicted molar refractivity (Wildman–Crippen MR) is 108 cm³/mol. The Labute approximate surface area is 156 Å². The van der Waals surface area contributed by atoms with Crippen LogP contribution in [-0.4, -0.2) is 16.6 Å². The molecule has 2 nitrogen and oxygen atoms in total. The number of aliphatic hydroxyl groups excluding tert-OH is 1. The number of rotatable bonds is 7. The molecule has 0 aromatic heterocycles. The lowest BCUT2D eigenvalue weighted by Crippen LogP contribution is -2.36. The zero-order valence-electron chi connectivity index (χ0n) is 15.5. The van der Waals surface area contributed by atoms with Gasteiger partial charge in [0.15, 0.2) is 0 Å². The molecule has 3 aromatic carbocycles. The van der Waals surface area contributed by atoms with Crippen molar-refractivity contribution in [2.24, 2.45) is 0 Å². The highest BCUT2D eigenvalue weighted by molar-refractivity contribution is 5.26. The third-order valence-corrected chi connectivity index (χ3v) is 5.18. The third kappa shape index (κ3) is 4.04. The molecule has 0 unspecified atom stereocenters. The molecule has 0 fully saturated rings. The van der Waals surface area contributed by atoms with Crippen molar-refractivity contribution in [3.63, 3.8) is 0 Å². The number of aliphatic hydroxyl groups is 1. The van der Waals surface area contributed by atoms with Crippen molar-refractivity contribution >= 4 is 0 Å². The highest BCUT2D eigenvalue weighted by atomic mass is 16.3. The molecule has 0 radical (unpaired) electrons. The van der Waals surface area contributed by atoms with E-state index in [1.165, 1.54) is 11.1 Å². The van der Waals surface area contributed by atoms with Gasteiger partial charge in [-0.25, -0.2) is 0 Å². The fourth-order valence-corrected chi connectivity index (χ4v) is 3.73. The van der Waals surface area contributed by atoms with Gasteiger partial charge < -0.3 is 5.11 Å². The molecule has 26 heavy (non-hydrogen) atoms. The van der Waals surface area contributed by atoms with Crippen molar-refractivity contribution < 1.29 is 5.11 Å². The molecule has 0 saturated heterocycles. The number of nitrogens with zero attached hydrogens (tertiary/aromatic N) is 1. The van der Waals surface area contributed by atoms with Crippen LogP contribution >= 0.6 is 0 Å². The van der Waals surface area contributed by atoms with Crippen LogP contribution in [0, 0.1) is 0 Å². The first-order valence-electron chi connectivity index (χ1n) is 9.25. The van der Waals surface area contributed by atoms with Gasteiger partial charge in [0, 0.05) is 12.1 Å². The number of benzene rings is 3. The lowest BCUT2D eigenvalue weighted by Gasteiger charge is -2.41. The maximum absolute atomic E-state index is 10.3. The van der Waals surface area contributed by atoms with E-state index in [2.05, 4.69) is 79.4 Å². The van der Waals surface area contributed by atoms with Crippen LogP contribution in [0.25, 0.3) is 0 Å². The first-order chi connectivity index (χ1) is 12.7. The molecule has 1 N–H and O–H groups in total. The minimum atomic E-state index is -0.0680. The highest BCUT2D eigenvalue weighted by Crippen LogP contribution is 2.38. The Morgan fingerprint density at radius 1 is 0.615 bits per heavy atom. The fraction of sp³-hybridized carbons (Fsp3) is 0.250. The summed E-state index contributed by atoms with van der Waals surface area (Å²) in [7, 11) is 0. The highest BCUT2D eigenvalue weighted by Gasteiger charge is 2.30. The van der Waals surface area contributed by atoms with Gasteiger partial charge in [-0.15, -0.1) is 0 Å². The monoisotopic (exact) mass is 345 g/mol. The summed E-state index contributed by atoms with van der Waals surface area (Å²) in [5, 5.41) is 10.3. The second-order valence-corrected chi connectivity index (χ2v) is 6.73. The van der Waals surface area contributed by atoms with Gasteiger partial charge in [-0.2, -0.15) is 0 Å². The van der Waals surface area contributed by atoms with E-state index in [1.807, 2.05) is 30.3 Å². The molecule has 3 atom stereocenters. The molecule has 3 aromatic rings. The maximum atomic E-state index is 10.3. The first kappa shape index (κ1) is 18.4. The van der Waals surface area contributed by atoms with Gasteiger partial charge in [-0.05, 0) is 30.5 Å². The predicted octanol–water partition coefficient (Wildman–Crippen LogP) is 5.54. The van der Waals surface area contributed by atoms with Crippen molar-refractivity contribution in [3.8, 4) is 0 Å². The molecule has 0 aliphatic heterocycles.